The Morgan fingerprint density at radius 2 is 2.13 bits per heavy atom. The van der Waals surface area contributed by atoms with E-state index in [1.54, 1.807) is 6.08 Å². The highest BCUT2D eigenvalue weighted by atomic mass is 16.1. The van der Waals surface area contributed by atoms with Gasteiger partial charge in [0, 0.05) is 11.5 Å². The van der Waals surface area contributed by atoms with Gasteiger partial charge in [-0.25, -0.2) is 0 Å². The molecule has 0 unspecified atom stereocenters. The van der Waals surface area contributed by atoms with Crippen molar-refractivity contribution < 1.29 is 4.79 Å². The Labute approximate surface area is 91.1 Å². The molecule has 0 radical (unpaired) electrons. The molecule has 1 N–H and O–H groups in total. The minimum Gasteiger partial charge on any atom is -0.346 e. The average Bonchev–Trinajstić information content (AvgIpc) is 2.08. The summed E-state index contributed by atoms with van der Waals surface area (Å²) in [5.74, 6) is 0.875. The Balaban J connectivity index is 2.01. The molecular formula is C13H19NO. The van der Waals surface area contributed by atoms with Gasteiger partial charge in [0.2, 0.25) is 5.91 Å². The van der Waals surface area contributed by atoms with Gasteiger partial charge in [0.15, 0.2) is 0 Å². The van der Waals surface area contributed by atoms with Crippen molar-refractivity contribution in [3.8, 4) is 0 Å². The number of nitrogens with one attached hydrogen (secondary N) is 1. The lowest BCUT2D eigenvalue weighted by molar-refractivity contribution is -0.132. The predicted molar refractivity (Wildman–Crippen MR) is 59.3 cm³/mol. The molecule has 0 aromatic heterocycles. The van der Waals surface area contributed by atoms with E-state index in [9.17, 15) is 4.79 Å². The molecule has 1 aliphatic heterocycles. The average molecular weight is 205 g/mol. The number of carbonyl (C=O) groups is 1. The first-order valence-corrected chi connectivity index (χ1v) is 6.09. The Hall–Kier alpha value is -0.790. The third-order valence-corrected chi connectivity index (χ3v) is 5.37. The van der Waals surface area contributed by atoms with Crippen LogP contribution in [0.25, 0.3) is 0 Å². The largest absolute Gasteiger partial charge is 0.346 e. The first-order chi connectivity index (χ1) is 7.08. The van der Waals surface area contributed by atoms with Crippen LogP contribution >= 0.6 is 0 Å². The highest BCUT2D eigenvalue weighted by molar-refractivity contribution is 5.91. The number of amides is 1. The van der Waals surface area contributed by atoms with E-state index in [2.05, 4.69) is 19.2 Å². The second-order valence-electron chi connectivity index (χ2n) is 5.75. The van der Waals surface area contributed by atoms with E-state index in [0.717, 1.165) is 5.92 Å². The summed E-state index contributed by atoms with van der Waals surface area (Å²) >= 11 is 0. The molecular weight excluding hydrogens is 186 g/mol. The molecule has 3 aliphatic rings. The van der Waals surface area contributed by atoms with Gasteiger partial charge in [-0.15, -0.1) is 0 Å². The zero-order valence-corrected chi connectivity index (χ0v) is 9.60. The van der Waals surface area contributed by atoms with Crippen LogP contribution in [0, 0.1) is 11.3 Å². The third kappa shape index (κ3) is 0.932. The van der Waals surface area contributed by atoms with Gasteiger partial charge in [-0.3, -0.25) is 4.79 Å². The Morgan fingerprint density at radius 1 is 1.40 bits per heavy atom. The lowest BCUT2D eigenvalue weighted by atomic mass is 9.44. The lowest BCUT2D eigenvalue weighted by Gasteiger charge is -2.65. The summed E-state index contributed by atoms with van der Waals surface area (Å²) in [7, 11) is 0. The van der Waals surface area contributed by atoms with E-state index in [1.807, 2.05) is 0 Å². The lowest BCUT2D eigenvalue weighted by Crippen LogP contribution is -2.72. The first-order valence-electron chi connectivity index (χ1n) is 6.09. The molecule has 0 saturated heterocycles. The molecule has 2 nitrogen and oxygen atoms in total. The van der Waals surface area contributed by atoms with Gasteiger partial charge in [0.1, 0.15) is 0 Å². The van der Waals surface area contributed by atoms with Gasteiger partial charge in [0.05, 0.1) is 5.54 Å². The molecule has 3 rings (SSSR count). The minimum atomic E-state index is 0.126. The van der Waals surface area contributed by atoms with Crippen LogP contribution < -0.4 is 5.32 Å². The highest BCUT2D eigenvalue weighted by Gasteiger charge is 2.63. The zero-order chi connectivity index (χ0) is 10.7. The maximum absolute atomic E-state index is 11.7. The van der Waals surface area contributed by atoms with Gasteiger partial charge in [-0.1, -0.05) is 18.9 Å². The summed E-state index contributed by atoms with van der Waals surface area (Å²) in [5.41, 5.74) is 1.68. The van der Waals surface area contributed by atoms with Crippen molar-refractivity contribution in [3.05, 3.63) is 11.6 Å². The smallest absolute Gasteiger partial charge is 0.244 e. The first kappa shape index (κ1) is 9.44. The van der Waals surface area contributed by atoms with Crippen LogP contribution in [-0.2, 0) is 4.79 Å². The van der Waals surface area contributed by atoms with Crippen LogP contribution in [0.5, 0.6) is 0 Å². The van der Waals surface area contributed by atoms with E-state index in [0.29, 0.717) is 0 Å². The summed E-state index contributed by atoms with van der Waals surface area (Å²) in [6, 6.07) is 0. The molecule has 2 aliphatic carbocycles. The van der Waals surface area contributed by atoms with E-state index in [1.165, 1.54) is 37.7 Å². The molecule has 1 amide bonds. The Bertz CT molecular complexity index is 356. The van der Waals surface area contributed by atoms with Crippen molar-refractivity contribution in [3.63, 3.8) is 0 Å². The van der Waals surface area contributed by atoms with E-state index in [4.69, 9.17) is 0 Å². The summed E-state index contributed by atoms with van der Waals surface area (Å²) in [6.07, 6.45) is 8.20. The molecule has 0 bridgehead atoms. The molecule has 0 aromatic carbocycles. The molecule has 2 heteroatoms. The van der Waals surface area contributed by atoms with Crippen LogP contribution in [0.4, 0.5) is 0 Å². The van der Waals surface area contributed by atoms with Crippen molar-refractivity contribution in [1.29, 1.82) is 0 Å². The summed E-state index contributed by atoms with van der Waals surface area (Å²) < 4.78 is 0. The normalized spacial score (nSPS) is 44.7. The molecule has 1 heterocycles. The number of hydrogen-bond donors (Lipinski definition) is 1. The second-order valence-corrected chi connectivity index (χ2v) is 5.75. The summed E-state index contributed by atoms with van der Waals surface area (Å²) in [6.45, 7) is 4.46. The zero-order valence-electron chi connectivity index (χ0n) is 9.60. The SMILES string of the molecule is CC1=CC(=O)N[C@]2(C3CCC3)CC[C@]12C. The van der Waals surface area contributed by atoms with Crippen LogP contribution in [-0.4, -0.2) is 11.4 Å². The minimum absolute atomic E-state index is 0.126. The van der Waals surface area contributed by atoms with Gasteiger partial charge < -0.3 is 5.32 Å². The van der Waals surface area contributed by atoms with Gasteiger partial charge in [0.25, 0.3) is 0 Å². The quantitative estimate of drug-likeness (QED) is 0.699. The molecule has 2 saturated carbocycles. The van der Waals surface area contributed by atoms with Crippen LogP contribution in [0.3, 0.4) is 0 Å². The number of carbonyl (C=O) groups excluding carboxylic acids is 1. The fourth-order valence-electron chi connectivity index (χ4n) is 3.79. The van der Waals surface area contributed by atoms with Gasteiger partial charge >= 0.3 is 0 Å². The molecule has 2 atom stereocenters. The fraction of sp³-hybridized carbons (Fsp3) is 0.769. The van der Waals surface area contributed by atoms with Crippen LogP contribution in [0.1, 0.15) is 46.0 Å². The van der Waals surface area contributed by atoms with Crippen molar-refractivity contribution in [1.82, 2.24) is 5.32 Å². The fourth-order valence-corrected chi connectivity index (χ4v) is 3.79. The maximum Gasteiger partial charge on any atom is 0.244 e. The monoisotopic (exact) mass is 205 g/mol. The molecule has 82 valence electrons. The molecule has 0 spiro atoms. The van der Waals surface area contributed by atoms with E-state index < -0.39 is 0 Å². The number of fused-ring (bicyclic) bond motifs is 1. The van der Waals surface area contributed by atoms with Crippen LogP contribution in [0.2, 0.25) is 0 Å². The van der Waals surface area contributed by atoms with E-state index in [-0.39, 0.29) is 16.9 Å². The number of hydrogen-bond acceptors (Lipinski definition) is 1. The van der Waals surface area contributed by atoms with Crippen molar-refractivity contribution in [2.45, 2.75) is 51.5 Å². The standard InChI is InChI=1S/C13H19NO/c1-9-8-11(15)14-13(10-4-3-5-10)7-6-12(9,13)2/h8,10H,3-7H2,1-2H3,(H,14,15)/t12-,13+/m1/s1. The van der Waals surface area contributed by atoms with Crippen molar-refractivity contribution in [2.24, 2.45) is 11.3 Å². The molecule has 2 fully saturated rings. The maximum atomic E-state index is 11.7. The Morgan fingerprint density at radius 3 is 2.60 bits per heavy atom. The molecule has 0 aromatic rings. The van der Waals surface area contributed by atoms with Crippen molar-refractivity contribution in [2.75, 3.05) is 0 Å². The summed E-state index contributed by atoms with van der Waals surface area (Å²) in [5, 5.41) is 3.29. The topological polar surface area (TPSA) is 29.1 Å². The van der Waals surface area contributed by atoms with Crippen LogP contribution in [0.15, 0.2) is 11.6 Å². The summed E-state index contributed by atoms with van der Waals surface area (Å²) in [4.78, 5) is 11.7. The highest BCUT2D eigenvalue weighted by Crippen LogP contribution is 2.62. The third-order valence-electron chi connectivity index (χ3n) is 5.37. The van der Waals surface area contributed by atoms with Gasteiger partial charge in [-0.05, 0) is 38.5 Å². The predicted octanol–water partition coefficient (Wildman–Crippen LogP) is 2.40. The number of rotatable bonds is 1. The second kappa shape index (κ2) is 2.66. The molecule has 15 heavy (non-hydrogen) atoms. The Kier molecular flexibility index (Phi) is 1.67. The van der Waals surface area contributed by atoms with E-state index >= 15 is 0 Å². The van der Waals surface area contributed by atoms with Gasteiger partial charge in [-0.2, -0.15) is 0 Å². The van der Waals surface area contributed by atoms with Crippen molar-refractivity contribution >= 4 is 5.91 Å².